The summed E-state index contributed by atoms with van der Waals surface area (Å²) in [7, 11) is 0. The quantitative estimate of drug-likeness (QED) is 0.839. The number of amides is 3. The highest BCUT2D eigenvalue weighted by Gasteiger charge is 2.42. The maximum atomic E-state index is 12.6. The van der Waals surface area contributed by atoms with E-state index < -0.39 is 6.04 Å². The summed E-state index contributed by atoms with van der Waals surface area (Å²) in [4.78, 5) is 37.5. The summed E-state index contributed by atoms with van der Waals surface area (Å²) >= 11 is 0. The smallest absolute Gasteiger partial charge is 0.255 e. The Kier molecular flexibility index (Phi) is 3.27. The van der Waals surface area contributed by atoms with Crippen LogP contribution < -0.4 is 5.32 Å². The molecule has 1 aromatic rings. The van der Waals surface area contributed by atoms with Crippen LogP contribution in [-0.2, 0) is 16.0 Å². The van der Waals surface area contributed by atoms with E-state index in [2.05, 4.69) is 12.2 Å². The third-order valence-corrected chi connectivity index (χ3v) is 4.40. The molecule has 1 fully saturated rings. The van der Waals surface area contributed by atoms with Crippen LogP contribution in [0.15, 0.2) is 18.2 Å². The van der Waals surface area contributed by atoms with E-state index in [9.17, 15) is 14.4 Å². The number of carbonyl (C=O) groups excluding carboxylic acids is 3. The fraction of sp³-hybridized carbons (Fsp3) is 0.438. The molecule has 0 aliphatic carbocycles. The van der Waals surface area contributed by atoms with Gasteiger partial charge in [-0.1, -0.05) is 19.1 Å². The molecule has 2 heterocycles. The van der Waals surface area contributed by atoms with Gasteiger partial charge in [-0.15, -0.1) is 0 Å². The van der Waals surface area contributed by atoms with Crippen LogP contribution in [0.1, 0.15) is 54.2 Å². The fourth-order valence-corrected chi connectivity index (χ4v) is 3.20. The maximum absolute atomic E-state index is 12.6. The molecule has 2 atom stereocenters. The van der Waals surface area contributed by atoms with Crippen molar-refractivity contribution in [2.45, 2.75) is 45.2 Å². The molecule has 0 spiro atoms. The van der Waals surface area contributed by atoms with Crippen LogP contribution in [0.4, 0.5) is 0 Å². The first-order chi connectivity index (χ1) is 10.0. The van der Waals surface area contributed by atoms with Crippen LogP contribution in [0.5, 0.6) is 0 Å². The van der Waals surface area contributed by atoms with Crippen molar-refractivity contribution in [1.29, 1.82) is 0 Å². The molecule has 1 saturated heterocycles. The molecular weight excluding hydrogens is 268 g/mol. The van der Waals surface area contributed by atoms with E-state index in [4.69, 9.17) is 0 Å². The van der Waals surface area contributed by atoms with Crippen molar-refractivity contribution >= 4 is 17.7 Å². The summed E-state index contributed by atoms with van der Waals surface area (Å²) in [5.41, 5.74) is 2.83. The number of benzene rings is 1. The van der Waals surface area contributed by atoms with Crippen LogP contribution in [-0.4, -0.2) is 28.7 Å². The molecule has 5 heteroatoms. The van der Waals surface area contributed by atoms with Gasteiger partial charge in [-0.05, 0) is 37.0 Å². The van der Waals surface area contributed by atoms with Crippen molar-refractivity contribution in [1.82, 2.24) is 10.2 Å². The Bertz CT molecular complexity index is 638. The number of piperidine rings is 1. The molecule has 2 unspecified atom stereocenters. The number of carbonyl (C=O) groups is 3. The predicted octanol–water partition coefficient (Wildman–Crippen LogP) is 1.57. The van der Waals surface area contributed by atoms with Gasteiger partial charge in [-0.2, -0.15) is 0 Å². The van der Waals surface area contributed by atoms with Gasteiger partial charge in [0.05, 0.1) is 6.04 Å². The van der Waals surface area contributed by atoms with Gasteiger partial charge in [-0.3, -0.25) is 19.7 Å². The van der Waals surface area contributed by atoms with Crippen molar-refractivity contribution in [2.24, 2.45) is 0 Å². The molecule has 3 amide bonds. The SMILES string of the molecule is CCc1ccc2c(c1)C(C)N(C1CCC(=O)NC1=O)C2=O. The van der Waals surface area contributed by atoms with Crippen molar-refractivity contribution in [3.05, 3.63) is 34.9 Å². The lowest BCUT2D eigenvalue weighted by Crippen LogP contribution is -2.53. The number of nitrogens with one attached hydrogen (secondary N) is 1. The lowest BCUT2D eigenvalue weighted by Gasteiger charge is -2.32. The molecule has 2 aliphatic rings. The third-order valence-electron chi connectivity index (χ3n) is 4.40. The molecule has 0 radical (unpaired) electrons. The molecule has 110 valence electrons. The predicted molar refractivity (Wildman–Crippen MR) is 76.6 cm³/mol. The molecule has 5 nitrogen and oxygen atoms in total. The second kappa shape index (κ2) is 4.98. The summed E-state index contributed by atoms with van der Waals surface area (Å²) in [5, 5.41) is 2.32. The minimum Gasteiger partial charge on any atom is -0.320 e. The first-order valence-electron chi connectivity index (χ1n) is 7.32. The van der Waals surface area contributed by atoms with E-state index in [0.717, 1.165) is 12.0 Å². The zero-order valence-electron chi connectivity index (χ0n) is 12.2. The van der Waals surface area contributed by atoms with Crippen LogP contribution in [0, 0.1) is 0 Å². The van der Waals surface area contributed by atoms with Gasteiger partial charge < -0.3 is 4.90 Å². The van der Waals surface area contributed by atoms with Crippen molar-refractivity contribution in [2.75, 3.05) is 0 Å². The van der Waals surface area contributed by atoms with Crippen LogP contribution >= 0.6 is 0 Å². The monoisotopic (exact) mass is 286 g/mol. The van der Waals surface area contributed by atoms with Crippen molar-refractivity contribution in [3.8, 4) is 0 Å². The van der Waals surface area contributed by atoms with Gasteiger partial charge >= 0.3 is 0 Å². The number of aryl methyl sites for hydroxylation is 1. The standard InChI is InChI=1S/C16H18N2O3/c1-3-10-4-5-11-12(8-10)9(2)18(16(11)21)13-6-7-14(19)17-15(13)20/h4-5,8-9,13H,3,6-7H2,1-2H3,(H,17,19,20). The van der Waals surface area contributed by atoms with Crippen LogP contribution in [0.2, 0.25) is 0 Å². The van der Waals surface area contributed by atoms with Gasteiger partial charge in [0.25, 0.3) is 5.91 Å². The minimum atomic E-state index is -0.553. The summed E-state index contributed by atoms with van der Waals surface area (Å²) in [6, 6.07) is 5.16. The molecule has 21 heavy (non-hydrogen) atoms. The number of nitrogens with zero attached hydrogens (tertiary/aromatic N) is 1. The average Bonchev–Trinajstić information content (AvgIpc) is 2.71. The van der Waals surface area contributed by atoms with Gasteiger partial charge in [0, 0.05) is 12.0 Å². The first-order valence-corrected chi connectivity index (χ1v) is 7.32. The Morgan fingerprint density at radius 2 is 2.05 bits per heavy atom. The zero-order chi connectivity index (χ0) is 15.1. The number of hydrogen-bond donors (Lipinski definition) is 1. The molecule has 0 bridgehead atoms. The Morgan fingerprint density at radius 1 is 1.29 bits per heavy atom. The lowest BCUT2D eigenvalue weighted by atomic mass is 10.0. The number of imide groups is 1. The topological polar surface area (TPSA) is 66.5 Å². The number of fused-ring (bicyclic) bond motifs is 1. The van der Waals surface area contributed by atoms with Gasteiger partial charge in [0.15, 0.2) is 0 Å². The molecular formula is C16H18N2O3. The Balaban J connectivity index is 1.94. The highest BCUT2D eigenvalue weighted by molar-refractivity contribution is 6.05. The summed E-state index contributed by atoms with van der Waals surface area (Å²) < 4.78 is 0. The molecule has 2 aliphatic heterocycles. The average molecular weight is 286 g/mol. The largest absolute Gasteiger partial charge is 0.320 e. The normalized spacial score (nSPS) is 25.0. The van der Waals surface area contributed by atoms with E-state index in [1.165, 1.54) is 5.56 Å². The third kappa shape index (κ3) is 2.13. The minimum absolute atomic E-state index is 0.116. The molecule has 3 rings (SSSR count). The first kappa shape index (κ1) is 13.8. The van der Waals surface area contributed by atoms with Gasteiger partial charge in [-0.25, -0.2) is 0 Å². The summed E-state index contributed by atoms with van der Waals surface area (Å²) in [6.45, 7) is 4.01. The van der Waals surface area contributed by atoms with E-state index in [1.54, 1.807) is 4.90 Å². The second-order valence-corrected chi connectivity index (χ2v) is 5.63. The maximum Gasteiger partial charge on any atom is 0.255 e. The molecule has 0 saturated carbocycles. The second-order valence-electron chi connectivity index (χ2n) is 5.63. The Hall–Kier alpha value is -2.17. The van der Waals surface area contributed by atoms with E-state index in [1.807, 2.05) is 25.1 Å². The van der Waals surface area contributed by atoms with Gasteiger partial charge in [0.1, 0.15) is 6.04 Å². The fourth-order valence-electron chi connectivity index (χ4n) is 3.20. The van der Waals surface area contributed by atoms with Crippen molar-refractivity contribution < 1.29 is 14.4 Å². The summed E-state index contributed by atoms with van der Waals surface area (Å²) in [5.74, 6) is -0.744. The van der Waals surface area contributed by atoms with Crippen molar-refractivity contribution in [3.63, 3.8) is 0 Å². The Labute approximate surface area is 123 Å². The highest BCUT2D eigenvalue weighted by Crippen LogP contribution is 2.37. The molecule has 1 aromatic carbocycles. The van der Waals surface area contributed by atoms with E-state index in [0.29, 0.717) is 12.0 Å². The number of rotatable bonds is 2. The highest BCUT2D eigenvalue weighted by atomic mass is 16.2. The zero-order valence-corrected chi connectivity index (χ0v) is 12.2. The van der Waals surface area contributed by atoms with E-state index in [-0.39, 0.29) is 30.2 Å². The molecule has 0 aromatic heterocycles. The van der Waals surface area contributed by atoms with Gasteiger partial charge in [0.2, 0.25) is 11.8 Å². The van der Waals surface area contributed by atoms with E-state index >= 15 is 0 Å². The molecule has 1 N–H and O–H groups in total. The van der Waals surface area contributed by atoms with Crippen LogP contribution in [0.25, 0.3) is 0 Å². The lowest BCUT2D eigenvalue weighted by molar-refractivity contribution is -0.137. The van der Waals surface area contributed by atoms with Crippen LogP contribution in [0.3, 0.4) is 0 Å². The Morgan fingerprint density at radius 3 is 2.71 bits per heavy atom. The number of hydrogen-bond acceptors (Lipinski definition) is 3. The summed E-state index contributed by atoms with van der Waals surface area (Å²) in [6.07, 6.45) is 1.59.